The first-order valence-electron chi connectivity index (χ1n) is 4.98. The fourth-order valence-electron chi connectivity index (χ4n) is 1.45. The number of nitrogens with two attached hydrogens (primary N) is 1. The van der Waals surface area contributed by atoms with Crippen molar-refractivity contribution >= 4 is 11.5 Å². The number of nitrogens with zero attached hydrogens (tertiary/aromatic N) is 1. The second kappa shape index (κ2) is 4.40. The lowest BCUT2D eigenvalue weighted by atomic mass is 9.93. The van der Waals surface area contributed by atoms with Crippen molar-refractivity contribution in [2.75, 3.05) is 12.3 Å². The van der Waals surface area contributed by atoms with Crippen molar-refractivity contribution in [3.8, 4) is 0 Å². The largest absolute Gasteiger partial charge is 0.398 e. The molecule has 0 aliphatic carbocycles. The van der Waals surface area contributed by atoms with Crippen LogP contribution in [0.1, 0.15) is 31.1 Å². The molecule has 1 heterocycles. The highest BCUT2D eigenvalue weighted by atomic mass is 16.1. The van der Waals surface area contributed by atoms with Crippen LogP contribution in [-0.4, -0.2) is 22.9 Å². The molecular formula is C11H17N3O. The SMILES string of the molecule is CCNC(C)(C)C(=O)c1cnccc1N. The molecule has 1 rings (SSSR count). The predicted octanol–water partition coefficient (Wildman–Crippen LogP) is 1.23. The molecular weight excluding hydrogens is 190 g/mol. The number of hydrogen-bond acceptors (Lipinski definition) is 4. The van der Waals surface area contributed by atoms with Gasteiger partial charge in [0.15, 0.2) is 5.78 Å². The Hall–Kier alpha value is -1.42. The first-order valence-corrected chi connectivity index (χ1v) is 4.98. The lowest BCUT2D eigenvalue weighted by Crippen LogP contribution is -2.46. The summed E-state index contributed by atoms with van der Waals surface area (Å²) in [5, 5.41) is 3.11. The van der Waals surface area contributed by atoms with E-state index < -0.39 is 5.54 Å². The van der Waals surface area contributed by atoms with Gasteiger partial charge in [-0.2, -0.15) is 0 Å². The van der Waals surface area contributed by atoms with E-state index >= 15 is 0 Å². The van der Waals surface area contributed by atoms with Crippen LogP contribution in [0, 0.1) is 0 Å². The van der Waals surface area contributed by atoms with E-state index in [1.165, 1.54) is 6.20 Å². The Labute approximate surface area is 89.9 Å². The number of Topliss-reactive ketones (excluding diaryl/α,β-unsaturated/α-hetero) is 1. The summed E-state index contributed by atoms with van der Waals surface area (Å²) in [6.07, 6.45) is 3.09. The van der Waals surface area contributed by atoms with Crippen molar-refractivity contribution in [1.82, 2.24) is 10.3 Å². The third kappa shape index (κ3) is 2.53. The molecule has 0 spiro atoms. The summed E-state index contributed by atoms with van der Waals surface area (Å²) >= 11 is 0. The average Bonchev–Trinajstić information content (AvgIpc) is 2.17. The lowest BCUT2D eigenvalue weighted by Gasteiger charge is -2.24. The van der Waals surface area contributed by atoms with Crippen LogP contribution in [0.25, 0.3) is 0 Å². The molecule has 4 heteroatoms. The minimum Gasteiger partial charge on any atom is -0.398 e. The number of rotatable bonds is 4. The summed E-state index contributed by atoms with van der Waals surface area (Å²) in [4.78, 5) is 16.0. The van der Waals surface area contributed by atoms with Gasteiger partial charge in [0.25, 0.3) is 0 Å². The molecule has 0 bridgehead atoms. The summed E-state index contributed by atoms with van der Waals surface area (Å²) in [6, 6.07) is 1.63. The number of carbonyl (C=O) groups is 1. The molecule has 15 heavy (non-hydrogen) atoms. The van der Waals surface area contributed by atoms with Crippen LogP contribution in [0.5, 0.6) is 0 Å². The standard InChI is InChI=1S/C11H17N3O/c1-4-14-11(2,3)10(15)8-7-13-6-5-9(8)12/h5-7,14H,4H2,1-3H3,(H2,12,13). The molecule has 0 radical (unpaired) electrons. The van der Waals surface area contributed by atoms with Crippen molar-refractivity contribution in [3.05, 3.63) is 24.0 Å². The first-order chi connectivity index (χ1) is 6.99. The van der Waals surface area contributed by atoms with Gasteiger partial charge in [0, 0.05) is 18.1 Å². The fourth-order valence-corrected chi connectivity index (χ4v) is 1.45. The van der Waals surface area contributed by atoms with Crippen LogP contribution in [0.2, 0.25) is 0 Å². The summed E-state index contributed by atoms with van der Waals surface area (Å²) in [6.45, 7) is 6.37. The van der Waals surface area contributed by atoms with Gasteiger partial charge in [0.2, 0.25) is 0 Å². The molecule has 0 aromatic carbocycles. The van der Waals surface area contributed by atoms with E-state index in [1.54, 1.807) is 12.3 Å². The number of anilines is 1. The Balaban J connectivity index is 2.99. The zero-order valence-corrected chi connectivity index (χ0v) is 9.37. The van der Waals surface area contributed by atoms with Crippen LogP contribution in [0.15, 0.2) is 18.5 Å². The van der Waals surface area contributed by atoms with E-state index in [9.17, 15) is 4.79 Å². The summed E-state index contributed by atoms with van der Waals surface area (Å²) < 4.78 is 0. The molecule has 0 saturated carbocycles. The molecule has 0 aliphatic heterocycles. The van der Waals surface area contributed by atoms with E-state index in [2.05, 4.69) is 10.3 Å². The van der Waals surface area contributed by atoms with E-state index in [0.29, 0.717) is 11.3 Å². The van der Waals surface area contributed by atoms with E-state index in [0.717, 1.165) is 6.54 Å². The number of likely N-dealkylation sites (N-methyl/N-ethyl adjacent to an activating group) is 1. The topological polar surface area (TPSA) is 68.0 Å². The summed E-state index contributed by atoms with van der Waals surface area (Å²) in [5.74, 6) is -0.0325. The highest BCUT2D eigenvalue weighted by Gasteiger charge is 2.28. The molecule has 0 unspecified atom stereocenters. The zero-order valence-electron chi connectivity index (χ0n) is 9.37. The van der Waals surface area contributed by atoms with Gasteiger partial charge < -0.3 is 11.1 Å². The highest BCUT2D eigenvalue weighted by Crippen LogP contribution is 2.17. The Morgan fingerprint density at radius 2 is 2.27 bits per heavy atom. The van der Waals surface area contributed by atoms with E-state index in [-0.39, 0.29) is 5.78 Å². The maximum absolute atomic E-state index is 12.1. The zero-order chi connectivity index (χ0) is 11.5. The molecule has 0 amide bonds. The minimum absolute atomic E-state index is 0.0325. The first kappa shape index (κ1) is 11.7. The Kier molecular flexibility index (Phi) is 3.42. The van der Waals surface area contributed by atoms with Crippen molar-refractivity contribution in [3.63, 3.8) is 0 Å². The second-order valence-electron chi connectivity index (χ2n) is 3.95. The van der Waals surface area contributed by atoms with Gasteiger partial charge in [-0.3, -0.25) is 9.78 Å². The van der Waals surface area contributed by atoms with Gasteiger partial charge in [-0.05, 0) is 26.5 Å². The molecule has 0 aliphatic rings. The Bertz CT molecular complexity index is 361. The van der Waals surface area contributed by atoms with E-state index in [1.807, 2.05) is 20.8 Å². The number of nitrogens with one attached hydrogen (secondary N) is 1. The normalized spacial score (nSPS) is 11.4. The van der Waals surface area contributed by atoms with Crippen LogP contribution in [0.3, 0.4) is 0 Å². The van der Waals surface area contributed by atoms with Crippen LogP contribution in [-0.2, 0) is 0 Å². The fraction of sp³-hybridized carbons (Fsp3) is 0.455. The van der Waals surface area contributed by atoms with Gasteiger partial charge in [-0.15, -0.1) is 0 Å². The van der Waals surface area contributed by atoms with Crippen LogP contribution < -0.4 is 11.1 Å². The third-order valence-electron chi connectivity index (χ3n) is 2.29. The minimum atomic E-state index is -0.605. The second-order valence-corrected chi connectivity index (χ2v) is 3.95. The number of pyridine rings is 1. The number of ketones is 1. The molecule has 0 fully saturated rings. The Morgan fingerprint density at radius 1 is 1.60 bits per heavy atom. The molecule has 0 saturated heterocycles. The lowest BCUT2D eigenvalue weighted by molar-refractivity contribution is 0.0884. The van der Waals surface area contributed by atoms with Crippen molar-refractivity contribution in [1.29, 1.82) is 0 Å². The molecule has 0 atom stereocenters. The summed E-state index contributed by atoms with van der Waals surface area (Å²) in [5.41, 5.74) is 6.07. The maximum atomic E-state index is 12.1. The van der Waals surface area contributed by atoms with Gasteiger partial charge in [-0.1, -0.05) is 6.92 Å². The van der Waals surface area contributed by atoms with Gasteiger partial charge in [-0.25, -0.2) is 0 Å². The number of nitrogen functional groups attached to an aromatic ring is 1. The van der Waals surface area contributed by atoms with Crippen molar-refractivity contribution < 1.29 is 4.79 Å². The van der Waals surface area contributed by atoms with Crippen molar-refractivity contribution in [2.24, 2.45) is 0 Å². The van der Waals surface area contributed by atoms with Gasteiger partial charge >= 0.3 is 0 Å². The Morgan fingerprint density at radius 3 is 2.80 bits per heavy atom. The number of carbonyl (C=O) groups excluding carboxylic acids is 1. The number of hydrogen-bond donors (Lipinski definition) is 2. The van der Waals surface area contributed by atoms with Crippen molar-refractivity contribution in [2.45, 2.75) is 26.3 Å². The van der Waals surface area contributed by atoms with Crippen LogP contribution in [0.4, 0.5) is 5.69 Å². The summed E-state index contributed by atoms with van der Waals surface area (Å²) in [7, 11) is 0. The highest BCUT2D eigenvalue weighted by molar-refractivity contribution is 6.06. The molecule has 1 aromatic heterocycles. The molecule has 82 valence electrons. The van der Waals surface area contributed by atoms with E-state index in [4.69, 9.17) is 5.73 Å². The van der Waals surface area contributed by atoms with Crippen LogP contribution >= 0.6 is 0 Å². The molecule has 4 nitrogen and oxygen atoms in total. The number of aromatic nitrogens is 1. The molecule has 1 aromatic rings. The smallest absolute Gasteiger partial charge is 0.185 e. The molecule has 3 N–H and O–H groups in total. The maximum Gasteiger partial charge on any atom is 0.185 e. The quantitative estimate of drug-likeness (QED) is 0.729. The van der Waals surface area contributed by atoms with Gasteiger partial charge in [0.05, 0.1) is 11.1 Å². The monoisotopic (exact) mass is 207 g/mol. The predicted molar refractivity (Wildman–Crippen MR) is 60.7 cm³/mol. The average molecular weight is 207 g/mol. The van der Waals surface area contributed by atoms with Gasteiger partial charge in [0.1, 0.15) is 0 Å². The third-order valence-corrected chi connectivity index (χ3v) is 2.29.